The van der Waals surface area contributed by atoms with Crippen LogP contribution in [0.5, 0.6) is 0 Å². The zero-order valence-electron chi connectivity index (χ0n) is 10.1. The summed E-state index contributed by atoms with van der Waals surface area (Å²) in [6, 6.07) is 5.68. The van der Waals surface area contributed by atoms with E-state index in [9.17, 15) is 4.79 Å². The van der Waals surface area contributed by atoms with E-state index in [-0.39, 0.29) is 5.24 Å². The van der Waals surface area contributed by atoms with Gasteiger partial charge in [0.15, 0.2) is 0 Å². The van der Waals surface area contributed by atoms with E-state index in [0.29, 0.717) is 19.5 Å². The van der Waals surface area contributed by atoms with Crippen molar-refractivity contribution in [3.63, 3.8) is 0 Å². The summed E-state index contributed by atoms with van der Waals surface area (Å²) in [5, 5.41) is 7.47. The molecule has 0 saturated carbocycles. The number of nitrogens with zero attached hydrogens (tertiary/aromatic N) is 3. The maximum absolute atomic E-state index is 11.1. The number of aromatic nitrogens is 1. The van der Waals surface area contributed by atoms with E-state index < -0.39 is 5.24 Å². The first-order chi connectivity index (χ1) is 8.97. The van der Waals surface area contributed by atoms with E-state index in [4.69, 9.17) is 10.1 Å². The van der Waals surface area contributed by atoms with Crippen molar-refractivity contribution in [1.29, 1.82) is 5.26 Å². The molecule has 0 spiro atoms. The fourth-order valence-corrected chi connectivity index (χ4v) is 1.31. The first-order valence-corrected chi connectivity index (χ1v) is 6.09. The van der Waals surface area contributed by atoms with Crippen molar-refractivity contribution in [1.82, 2.24) is 9.88 Å². The predicted molar refractivity (Wildman–Crippen MR) is 77.8 cm³/mol. The highest BCUT2D eigenvalue weighted by Crippen LogP contribution is 2.06. The molecule has 8 heteroatoms. The van der Waals surface area contributed by atoms with Gasteiger partial charge in [0.2, 0.25) is 0 Å². The molecule has 0 aliphatic heterocycles. The van der Waals surface area contributed by atoms with Crippen LogP contribution in [-0.2, 0) is 6.54 Å². The number of hydrogen-bond donors (Lipinski definition) is 3. The monoisotopic (exact) mass is 298 g/mol. The van der Waals surface area contributed by atoms with Gasteiger partial charge in [-0.05, 0) is 11.6 Å². The molecule has 0 radical (unpaired) electrons. The van der Waals surface area contributed by atoms with E-state index in [1.165, 1.54) is 4.90 Å². The third-order valence-electron chi connectivity index (χ3n) is 1.86. The number of thiol groups is 2. The summed E-state index contributed by atoms with van der Waals surface area (Å²) in [5.74, 6) is 0. The van der Waals surface area contributed by atoms with Gasteiger partial charge in [0.05, 0.1) is 12.5 Å². The molecule has 0 fully saturated rings. The van der Waals surface area contributed by atoms with Crippen molar-refractivity contribution in [3.05, 3.63) is 30.1 Å². The summed E-state index contributed by atoms with van der Waals surface area (Å²) in [4.78, 5) is 25.7. The first kappa shape index (κ1) is 17.3. The third kappa shape index (κ3) is 9.93. The topological polar surface area (TPSA) is 100 Å². The summed E-state index contributed by atoms with van der Waals surface area (Å²) in [6.45, 7) is 0.839. The Bertz CT molecular complexity index is 444. The molecule has 2 amide bonds. The number of hydrogen-bond acceptors (Lipinski definition) is 4. The second-order valence-corrected chi connectivity index (χ2v) is 4.14. The van der Waals surface area contributed by atoms with Gasteiger partial charge in [0, 0.05) is 25.5 Å². The molecule has 0 aliphatic rings. The molecular formula is C11H14N4O2S2. The van der Waals surface area contributed by atoms with Crippen molar-refractivity contribution in [3.8, 4) is 6.07 Å². The van der Waals surface area contributed by atoms with Crippen LogP contribution in [0.15, 0.2) is 24.5 Å². The Morgan fingerprint density at radius 3 is 2.53 bits per heavy atom. The Labute approximate surface area is 122 Å². The number of nitrogens with two attached hydrogens (primary N) is 1. The second-order valence-electron chi connectivity index (χ2n) is 3.31. The minimum Gasteiger partial charge on any atom is -0.361 e. The van der Waals surface area contributed by atoms with Gasteiger partial charge in [-0.15, -0.1) is 0 Å². The highest BCUT2D eigenvalue weighted by molar-refractivity contribution is 7.96. The average Bonchev–Trinajstić information content (AvgIpc) is 2.34. The SMILES string of the molecule is N#CCCN(Cc1cccnc1)C(=O)S.NC(=O)S. The van der Waals surface area contributed by atoms with Gasteiger partial charge < -0.3 is 10.6 Å². The molecule has 102 valence electrons. The van der Waals surface area contributed by atoms with Gasteiger partial charge in [-0.2, -0.15) is 5.26 Å². The highest BCUT2D eigenvalue weighted by Gasteiger charge is 2.09. The van der Waals surface area contributed by atoms with Crippen molar-refractivity contribution in [2.24, 2.45) is 5.73 Å². The van der Waals surface area contributed by atoms with E-state index in [2.05, 4.69) is 36.0 Å². The number of pyridine rings is 1. The van der Waals surface area contributed by atoms with Gasteiger partial charge in [0.1, 0.15) is 0 Å². The minimum absolute atomic E-state index is 0.312. The summed E-state index contributed by atoms with van der Waals surface area (Å²) >= 11 is 6.86. The van der Waals surface area contributed by atoms with Crippen LogP contribution in [0.25, 0.3) is 0 Å². The van der Waals surface area contributed by atoms with Crippen molar-refractivity contribution in [2.45, 2.75) is 13.0 Å². The molecule has 0 aliphatic carbocycles. The Kier molecular flexibility index (Phi) is 9.30. The lowest BCUT2D eigenvalue weighted by Gasteiger charge is -2.18. The molecule has 1 aromatic heterocycles. The molecule has 2 N–H and O–H groups in total. The van der Waals surface area contributed by atoms with Crippen LogP contribution in [0.4, 0.5) is 9.59 Å². The minimum atomic E-state index is -0.639. The Hall–Kier alpha value is -1.72. The number of carbonyl (C=O) groups excluding carboxylic acids is 2. The molecule has 1 heterocycles. The molecule has 19 heavy (non-hydrogen) atoms. The molecule has 0 aromatic carbocycles. The van der Waals surface area contributed by atoms with Crippen LogP contribution in [0.2, 0.25) is 0 Å². The van der Waals surface area contributed by atoms with Gasteiger partial charge in [0.25, 0.3) is 10.5 Å². The fraction of sp³-hybridized carbons (Fsp3) is 0.273. The van der Waals surface area contributed by atoms with Gasteiger partial charge in [-0.25, -0.2) is 0 Å². The number of carbonyl (C=O) groups is 2. The molecule has 0 saturated heterocycles. The predicted octanol–water partition coefficient (Wildman–Crippen LogP) is 1.84. The third-order valence-corrected chi connectivity index (χ3v) is 2.14. The van der Waals surface area contributed by atoms with Crippen LogP contribution >= 0.6 is 25.3 Å². The molecule has 1 aromatic rings. The van der Waals surface area contributed by atoms with Crippen LogP contribution < -0.4 is 5.73 Å². The Morgan fingerprint density at radius 1 is 1.47 bits per heavy atom. The number of nitriles is 1. The lowest BCUT2D eigenvalue weighted by Crippen LogP contribution is -2.26. The Morgan fingerprint density at radius 2 is 2.11 bits per heavy atom. The van der Waals surface area contributed by atoms with Gasteiger partial charge >= 0.3 is 0 Å². The van der Waals surface area contributed by atoms with Crippen LogP contribution in [0, 0.1) is 11.3 Å². The number of rotatable bonds is 4. The first-order valence-electron chi connectivity index (χ1n) is 5.19. The highest BCUT2D eigenvalue weighted by atomic mass is 32.1. The van der Waals surface area contributed by atoms with E-state index in [1.54, 1.807) is 18.5 Å². The van der Waals surface area contributed by atoms with E-state index in [0.717, 1.165) is 5.56 Å². The number of primary amides is 1. The Balaban J connectivity index is 0.000000711. The maximum Gasteiger partial charge on any atom is 0.278 e. The summed E-state index contributed by atoms with van der Waals surface area (Å²) in [7, 11) is 0. The zero-order chi connectivity index (χ0) is 14.7. The smallest absolute Gasteiger partial charge is 0.278 e. The van der Waals surface area contributed by atoms with Crippen molar-refractivity contribution in [2.75, 3.05) is 6.54 Å². The normalized spacial score (nSPS) is 8.68. The summed E-state index contributed by atoms with van der Waals surface area (Å²) < 4.78 is 0. The molecule has 0 bridgehead atoms. The van der Waals surface area contributed by atoms with Crippen LogP contribution in [0.1, 0.15) is 12.0 Å². The lowest BCUT2D eigenvalue weighted by atomic mass is 10.2. The largest absolute Gasteiger partial charge is 0.361 e. The molecule has 6 nitrogen and oxygen atoms in total. The van der Waals surface area contributed by atoms with Crippen molar-refractivity contribution < 1.29 is 9.59 Å². The van der Waals surface area contributed by atoms with Crippen LogP contribution in [0.3, 0.4) is 0 Å². The fourth-order valence-electron chi connectivity index (χ4n) is 1.14. The van der Waals surface area contributed by atoms with Crippen molar-refractivity contribution >= 4 is 35.7 Å². The van der Waals surface area contributed by atoms with Crippen LogP contribution in [-0.4, -0.2) is 26.9 Å². The molecule has 0 atom stereocenters. The van der Waals surface area contributed by atoms with E-state index in [1.807, 2.05) is 12.1 Å². The summed E-state index contributed by atoms with van der Waals surface area (Å²) in [5.41, 5.74) is 5.26. The standard InChI is InChI=1S/C10H11N3OS.CH3NOS/c11-4-2-6-13(10(14)15)8-9-3-1-5-12-7-9;2-1(3)4/h1,3,5,7H,2,6,8H2,(H,14,15);(H3,2,3,4). The summed E-state index contributed by atoms with van der Waals surface area (Å²) in [6.07, 6.45) is 3.67. The zero-order valence-corrected chi connectivity index (χ0v) is 11.8. The second kappa shape index (κ2) is 10.2. The molecular weight excluding hydrogens is 284 g/mol. The van der Waals surface area contributed by atoms with E-state index >= 15 is 0 Å². The maximum atomic E-state index is 11.1. The molecule has 1 rings (SSSR count). The van der Waals surface area contributed by atoms with Gasteiger partial charge in [-0.3, -0.25) is 14.6 Å². The number of amides is 2. The quantitative estimate of drug-likeness (QED) is 0.738. The molecule has 0 unspecified atom stereocenters. The lowest BCUT2D eigenvalue weighted by molar-refractivity contribution is 0.222. The average molecular weight is 298 g/mol. The van der Waals surface area contributed by atoms with Gasteiger partial charge in [-0.1, -0.05) is 31.3 Å².